The molecule has 0 aliphatic carbocycles. The molecule has 0 saturated heterocycles. The zero-order valence-corrected chi connectivity index (χ0v) is 33.7. The van der Waals surface area contributed by atoms with E-state index in [4.69, 9.17) is 0 Å². The normalized spacial score (nSPS) is 14.2. The Balaban J connectivity index is 1.39. The molecule has 0 bridgehead atoms. The lowest BCUT2D eigenvalue weighted by Gasteiger charge is -2.42. The van der Waals surface area contributed by atoms with Gasteiger partial charge in [-0.15, -0.1) is 22.7 Å². The van der Waals surface area contributed by atoms with Crippen LogP contribution < -0.4 is 25.5 Å². The highest BCUT2D eigenvalue weighted by Gasteiger charge is 2.47. The van der Waals surface area contributed by atoms with E-state index in [0.717, 1.165) is 0 Å². The zero-order chi connectivity index (χ0) is 36.5. The van der Waals surface area contributed by atoms with E-state index < -0.39 is 0 Å². The van der Waals surface area contributed by atoms with Gasteiger partial charge in [-0.25, -0.2) is 0 Å². The minimum atomic E-state index is 0.0448. The summed E-state index contributed by atoms with van der Waals surface area (Å²) in [4.78, 5) is 5.18. The van der Waals surface area contributed by atoms with Crippen LogP contribution in [-0.2, 0) is 16.2 Å². The van der Waals surface area contributed by atoms with E-state index in [0.29, 0.717) is 0 Å². The van der Waals surface area contributed by atoms with Gasteiger partial charge in [-0.05, 0) is 116 Å². The van der Waals surface area contributed by atoms with Crippen LogP contribution in [0.15, 0.2) is 103 Å². The van der Waals surface area contributed by atoms with Gasteiger partial charge >= 0.3 is 0 Å². The average molecular weight is 715 g/mol. The maximum Gasteiger partial charge on any atom is 0.266 e. The third-order valence-corrected chi connectivity index (χ3v) is 13.6. The van der Waals surface area contributed by atoms with E-state index in [-0.39, 0.29) is 23.0 Å². The van der Waals surface area contributed by atoms with Crippen molar-refractivity contribution < 1.29 is 0 Å². The third-order valence-electron chi connectivity index (χ3n) is 11.2. The van der Waals surface area contributed by atoms with Gasteiger partial charge < -0.3 is 9.80 Å². The van der Waals surface area contributed by atoms with E-state index >= 15 is 0 Å². The summed E-state index contributed by atoms with van der Waals surface area (Å²) < 4.78 is 4.13. The minimum absolute atomic E-state index is 0.0448. The Morgan fingerprint density at radius 1 is 0.500 bits per heavy atom. The minimum Gasteiger partial charge on any atom is -0.310 e. The Labute approximate surface area is 317 Å². The summed E-state index contributed by atoms with van der Waals surface area (Å²) in [7, 11) is 0. The highest BCUT2D eigenvalue weighted by molar-refractivity contribution is 7.35. The molecule has 4 heterocycles. The van der Waals surface area contributed by atoms with Crippen LogP contribution in [0.4, 0.5) is 33.4 Å². The number of rotatable bonds is 2. The first-order chi connectivity index (χ1) is 24.6. The lowest BCUT2D eigenvalue weighted by atomic mass is 9.36. The molecule has 0 N–H and O–H groups in total. The van der Waals surface area contributed by atoms with Gasteiger partial charge in [-0.1, -0.05) is 111 Å². The standard InChI is InChI=1S/C47H47BN2S2/c1-28-25-36-41-37(26-28)50(33-22-17-30(18-23-33)46(5,6)7)44-40(34-13-11-12-14-38(34)52-44)48(41)43-42(35-27-31(47(8,9)10)19-24-39(35)51-43)49(36)32-20-15-29(16-21-32)45(2,3)4/h11-27H,1-10H3. The van der Waals surface area contributed by atoms with Crippen LogP contribution in [0.25, 0.3) is 20.2 Å². The first-order valence-electron chi connectivity index (χ1n) is 18.6. The molecule has 0 spiro atoms. The SMILES string of the molecule is Cc1cc2c3c(c1)N(c1ccc(C(C)(C)C)cc1)c1c(sc4ccc(C(C)(C)C)cc14)B3c1c(sc3ccccc13)N2c1ccc(C(C)(C)C)cc1. The van der Waals surface area contributed by atoms with Crippen molar-refractivity contribution in [1.82, 2.24) is 0 Å². The molecule has 2 aromatic heterocycles. The van der Waals surface area contributed by atoms with Gasteiger partial charge in [0.2, 0.25) is 0 Å². The second-order valence-corrected chi connectivity index (χ2v) is 20.1. The van der Waals surface area contributed by atoms with Crippen molar-refractivity contribution in [2.75, 3.05) is 9.80 Å². The molecule has 2 nitrogen and oxygen atoms in total. The maximum atomic E-state index is 2.61. The molecule has 52 heavy (non-hydrogen) atoms. The predicted molar refractivity (Wildman–Crippen MR) is 232 cm³/mol. The van der Waals surface area contributed by atoms with Crippen molar-refractivity contribution in [1.29, 1.82) is 0 Å². The monoisotopic (exact) mass is 714 g/mol. The fourth-order valence-electron chi connectivity index (χ4n) is 8.30. The van der Waals surface area contributed by atoms with Gasteiger partial charge in [0.1, 0.15) is 0 Å². The number of hydrogen-bond acceptors (Lipinski definition) is 4. The van der Waals surface area contributed by atoms with Crippen LogP contribution >= 0.6 is 22.7 Å². The molecule has 7 aromatic rings. The smallest absolute Gasteiger partial charge is 0.266 e. The molecule has 0 fully saturated rings. The molecule has 0 radical (unpaired) electrons. The number of nitrogens with zero attached hydrogens (tertiary/aromatic N) is 2. The molecule has 2 aliphatic rings. The van der Waals surface area contributed by atoms with E-state index in [1.807, 2.05) is 22.7 Å². The topological polar surface area (TPSA) is 6.48 Å². The van der Waals surface area contributed by atoms with E-state index in [1.54, 1.807) is 0 Å². The highest BCUT2D eigenvalue weighted by Crippen LogP contribution is 2.51. The molecule has 2 aliphatic heterocycles. The molecule has 0 unspecified atom stereocenters. The van der Waals surface area contributed by atoms with E-state index in [9.17, 15) is 0 Å². The molecular formula is C47H47BN2S2. The quantitative estimate of drug-likeness (QED) is 0.165. The maximum absolute atomic E-state index is 2.61. The van der Waals surface area contributed by atoms with Gasteiger partial charge in [-0.2, -0.15) is 0 Å². The van der Waals surface area contributed by atoms with Crippen molar-refractivity contribution in [2.24, 2.45) is 0 Å². The second-order valence-electron chi connectivity index (χ2n) is 18.0. The summed E-state index contributed by atoms with van der Waals surface area (Å²) in [6, 6.07) is 39.9. The molecule has 260 valence electrons. The second kappa shape index (κ2) is 11.3. The zero-order valence-electron chi connectivity index (χ0n) is 32.1. The van der Waals surface area contributed by atoms with Crippen LogP contribution in [0.2, 0.25) is 0 Å². The van der Waals surface area contributed by atoms with Crippen LogP contribution in [-0.4, -0.2) is 6.71 Å². The predicted octanol–water partition coefficient (Wildman–Crippen LogP) is 12.4. The number of benzene rings is 5. The van der Waals surface area contributed by atoms with Crippen molar-refractivity contribution in [3.8, 4) is 0 Å². The van der Waals surface area contributed by atoms with Crippen molar-refractivity contribution in [3.63, 3.8) is 0 Å². The van der Waals surface area contributed by atoms with Gasteiger partial charge in [0.05, 0.1) is 10.7 Å². The summed E-state index contributed by atoms with van der Waals surface area (Å²) in [6.45, 7) is 23.2. The van der Waals surface area contributed by atoms with Crippen LogP contribution in [0.5, 0.6) is 0 Å². The lowest BCUT2D eigenvalue weighted by molar-refractivity contribution is 0.590. The number of aryl methyl sites for hydroxylation is 1. The molecule has 0 atom stereocenters. The number of thiophene rings is 2. The van der Waals surface area contributed by atoms with Gasteiger partial charge in [0, 0.05) is 42.3 Å². The average Bonchev–Trinajstić information content (AvgIpc) is 3.66. The summed E-state index contributed by atoms with van der Waals surface area (Å²) in [5, 5.41) is 4.05. The van der Waals surface area contributed by atoms with Crippen LogP contribution in [0.1, 0.15) is 84.6 Å². The molecule has 5 heteroatoms. The molecule has 0 saturated carbocycles. The van der Waals surface area contributed by atoms with Gasteiger partial charge in [0.25, 0.3) is 6.71 Å². The fraction of sp³-hybridized carbons (Fsp3) is 0.277. The first-order valence-corrected chi connectivity index (χ1v) is 20.3. The third kappa shape index (κ3) is 5.10. The fourth-order valence-corrected chi connectivity index (χ4v) is 10.9. The summed E-state index contributed by atoms with van der Waals surface area (Å²) >= 11 is 3.93. The summed E-state index contributed by atoms with van der Waals surface area (Å²) in [5.74, 6) is 0. The first kappa shape index (κ1) is 33.5. The van der Waals surface area contributed by atoms with E-state index in [1.165, 1.54) is 91.6 Å². The Morgan fingerprint density at radius 2 is 1.02 bits per heavy atom. The molecular weight excluding hydrogens is 667 g/mol. The Hall–Kier alpha value is -4.32. The summed E-state index contributed by atoms with van der Waals surface area (Å²) in [6.07, 6.45) is 0. The summed E-state index contributed by atoms with van der Waals surface area (Å²) in [5.41, 5.74) is 14.7. The van der Waals surface area contributed by atoms with Crippen LogP contribution in [0, 0.1) is 6.92 Å². The van der Waals surface area contributed by atoms with E-state index in [2.05, 4.69) is 182 Å². The molecule has 9 rings (SSSR count). The Kier molecular flexibility index (Phi) is 7.31. The lowest BCUT2D eigenvalue weighted by Crippen LogP contribution is -2.60. The van der Waals surface area contributed by atoms with Gasteiger partial charge in [-0.3, -0.25) is 0 Å². The van der Waals surface area contributed by atoms with Gasteiger partial charge in [0.15, 0.2) is 0 Å². The largest absolute Gasteiger partial charge is 0.310 e. The Bertz CT molecular complexity index is 2530. The van der Waals surface area contributed by atoms with Crippen LogP contribution in [0.3, 0.4) is 0 Å². The number of fused-ring (bicyclic) bond motifs is 8. The number of anilines is 6. The molecule has 5 aromatic carbocycles. The van der Waals surface area contributed by atoms with Crippen molar-refractivity contribution >= 4 is 98.7 Å². The highest BCUT2D eigenvalue weighted by atomic mass is 32.1. The Morgan fingerprint density at radius 3 is 1.62 bits per heavy atom. The number of hydrogen-bond donors (Lipinski definition) is 0. The molecule has 0 amide bonds. The van der Waals surface area contributed by atoms with Crippen molar-refractivity contribution in [2.45, 2.75) is 85.5 Å². The van der Waals surface area contributed by atoms with Crippen molar-refractivity contribution in [3.05, 3.63) is 125 Å².